The fraction of sp³-hybridized carbons (Fsp3) is 0.308. The van der Waals surface area contributed by atoms with E-state index in [0.717, 1.165) is 25.2 Å². The first kappa shape index (κ1) is 24.6. The number of rotatable bonds is 7. The topological polar surface area (TPSA) is 119 Å². The summed E-state index contributed by atoms with van der Waals surface area (Å²) in [6.07, 6.45) is 2.91. The Morgan fingerprint density at radius 3 is 3.00 bits per heavy atom. The number of amides is 1. The molecule has 0 saturated carbocycles. The third-order valence-corrected chi connectivity index (χ3v) is 6.37. The van der Waals surface area contributed by atoms with Crippen LogP contribution in [0.15, 0.2) is 55.3 Å². The Balaban J connectivity index is 1.47. The highest BCUT2D eigenvalue weighted by molar-refractivity contribution is 5.67. The molecule has 0 fully saturated rings. The molecule has 2 aliphatic heterocycles. The molecule has 3 aromatic rings. The van der Waals surface area contributed by atoms with E-state index in [1.807, 2.05) is 24.3 Å². The standard InChI is InChI=1S/C26H30N8O3/c1-4-12-33-24(35)21-15-28-25(30-19-9-8-17-10-11-27-14-18(17)13-19)31-23(21)34(33)22-7-5-6-20(29-22)16-32(2)26(36)37-3/h4-9,13,15,24,27,35H,1,10-12,14,16H2,2-3H3,(H,28,30,31). The van der Waals surface area contributed by atoms with Crippen LogP contribution in [-0.2, 0) is 24.2 Å². The van der Waals surface area contributed by atoms with Crippen LogP contribution in [0, 0.1) is 0 Å². The van der Waals surface area contributed by atoms with Crippen LogP contribution >= 0.6 is 0 Å². The molecule has 4 heterocycles. The van der Waals surface area contributed by atoms with Gasteiger partial charge < -0.3 is 25.4 Å². The SMILES string of the molecule is C=CCN1C(O)c2cnc(Nc3ccc4c(c3)CNCC4)nc2N1c1cccc(CN(C)C(=O)OC)n1. The van der Waals surface area contributed by atoms with Crippen molar-refractivity contribution >= 4 is 29.4 Å². The molecule has 0 bridgehead atoms. The highest BCUT2D eigenvalue weighted by Crippen LogP contribution is 2.41. The number of ether oxygens (including phenoxy) is 1. The predicted octanol–water partition coefficient (Wildman–Crippen LogP) is 3.00. The van der Waals surface area contributed by atoms with Crippen LogP contribution in [0.2, 0.25) is 0 Å². The Labute approximate surface area is 215 Å². The summed E-state index contributed by atoms with van der Waals surface area (Å²) in [4.78, 5) is 27.2. The number of hydrogen-bond acceptors (Lipinski definition) is 10. The van der Waals surface area contributed by atoms with E-state index in [0.29, 0.717) is 35.4 Å². The van der Waals surface area contributed by atoms with Gasteiger partial charge >= 0.3 is 6.09 Å². The minimum atomic E-state index is -0.972. The number of nitrogens with zero attached hydrogens (tertiary/aromatic N) is 6. The average Bonchev–Trinajstić information content (AvgIpc) is 3.19. The van der Waals surface area contributed by atoms with E-state index in [4.69, 9.17) is 14.7 Å². The number of nitrogens with one attached hydrogen (secondary N) is 2. The zero-order valence-electron chi connectivity index (χ0n) is 20.9. The van der Waals surface area contributed by atoms with Crippen molar-refractivity contribution in [3.8, 4) is 0 Å². The first-order valence-corrected chi connectivity index (χ1v) is 12.1. The van der Waals surface area contributed by atoms with Crippen LogP contribution in [0.3, 0.4) is 0 Å². The lowest BCUT2D eigenvalue weighted by molar-refractivity contribution is 0.0246. The number of aliphatic hydroxyl groups is 1. The maximum atomic E-state index is 11.9. The molecule has 11 heteroatoms. The van der Waals surface area contributed by atoms with Crippen LogP contribution in [0.5, 0.6) is 0 Å². The smallest absolute Gasteiger partial charge is 0.409 e. The number of anilines is 4. The van der Waals surface area contributed by atoms with Crippen LogP contribution in [0.1, 0.15) is 28.6 Å². The summed E-state index contributed by atoms with van der Waals surface area (Å²) >= 11 is 0. The fourth-order valence-corrected chi connectivity index (χ4v) is 4.56. The number of hydrazine groups is 1. The Hall–Kier alpha value is -4.06. The molecule has 1 aromatic carbocycles. The van der Waals surface area contributed by atoms with E-state index < -0.39 is 12.3 Å². The van der Waals surface area contributed by atoms with Gasteiger partial charge in [0, 0.05) is 32.0 Å². The molecule has 1 atom stereocenters. The molecule has 1 unspecified atom stereocenters. The van der Waals surface area contributed by atoms with Crippen molar-refractivity contribution in [1.29, 1.82) is 0 Å². The molecule has 0 aliphatic carbocycles. The summed E-state index contributed by atoms with van der Waals surface area (Å²) in [5.41, 5.74) is 4.70. The Bertz CT molecular complexity index is 1320. The summed E-state index contributed by atoms with van der Waals surface area (Å²) in [7, 11) is 2.98. The van der Waals surface area contributed by atoms with E-state index in [1.54, 1.807) is 29.3 Å². The Kier molecular flexibility index (Phi) is 6.99. The summed E-state index contributed by atoms with van der Waals surface area (Å²) in [5, 5.41) is 21.2. The number of benzene rings is 1. The lowest BCUT2D eigenvalue weighted by Gasteiger charge is -2.29. The van der Waals surface area contributed by atoms with Crippen molar-refractivity contribution in [2.45, 2.75) is 25.7 Å². The number of aliphatic hydroxyl groups excluding tert-OH is 1. The summed E-state index contributed by atoms with van der Waals surface area (Å²) in [6.45, 7) is 6.26. The van der Waals surface area contributed by atoms with Gasteiger partial charge in [-0.3, -0.25) is 0 Å². The lowest BCUT2D eigenvalue weighted by atomic mass is 10.0. The fourth-order valence-electron chi connectivity index (χ4n) is 4.56. The van der Waals surface area contributed by atoms with Crippen molar-refractivity contribution in [2.75, 3.05) is 37.6 Å². The molecule has 2 aromatic heterocycles. The van der Waals surface area contributed by atoms with Crippen molar-refractivity contribution in [2.24, 2.45) is 0 Å². The molecule has 0 saturated heterocycles. The lowest BCUT2D eigenvalue weighted by Crippen LogP contribution is -2.37. The highest BCUT2D eigenvalue weighted by atomic mass is 16.5. The minimum Gasteiger partial charge on any atom is -0.453 e. The molecule has 3 N–H and O–H groups in total. The second-order valence-corrected chi connectivity index (χ2v) is 8.92. The van der Waals surface area contributed by atoms with Gasteiger partial charge in [-0.25, -0.2) is 19.8 Å². The minimum absolute atomic E-state index is 0.259. The maximum absolute atomic E-state index is 11.9. The molecule has 0 spiro atoms. The summed E-state index contributed by atoms with van der Waals surface area (Å²) in [5.74, 6) is 1.46. The van der Waals surface area contributed by atoms with Gasteiger partial charge in [0.2, 0.25) is 5.95 Å². The quantitative estimate of drug-likeness (QED) is 0.416. The normalized spacial score (nSPS) is 16.6. The molecule has 5 rings (SSSR count). The highest BCUT2D eigenvalue weighted by Gasteiger charge is 2.38. The van der Waals surface area contributed by atoms with Crippen LogP contribution < -0.4 is 15.6 Å². The summed E-state index contributed by atoms with van der Waals surface area (Å²) < 4.78 is 4.79. The van der Waals surface area contributed by atoms with Gasteiger partial charge in [0.25, 0.3) is 0 Å². The summed E-state index contributed by atoms with van der Waals surface area (Å²) in [6, 6.07) is 11.8. The molecule has 2 aliphatic rings. The van der Waals surface area contributed by atoms with E-state index in [2.05, 4.69) is 34.3 Å². The Morgan fingerprint density at radius 2 is 2.19 bits per heavy atom. The zero-order valence-corrected chi connectivity index (χ0v) is 20.9. The van der Waals surface area contributed by atoms with Gasteiger partial charge in [0.05, 0.1) is 24.9 Å². The molecule has 37 heavy (non-hydrogen) atoms. The van der Waals surface area contributed by atoms with Gasteiger partial charge in [-0.05, 0) is 48.4 Å². The predicted molar refractivity (Wildman–Crippen MR) is 139 cm³/mol. The maximum Gasteiger partial charge on any atom is 0.409 e. The van der Waals surface area contributed by atoms with Crippen molar-refractivity contribution in [3.63, 3.8) is 0 Å². The van der Waals surface area contributed by atoms with Gasteiger partial charge in [0.1, 0.15) is 5.82 Å². The van der Waals surface area contributed by atoms with Gasteiger partial charge in [0.15, 0.2) is 12.0 Å². The molecule has 11 nitrogen and oxygen atoms in total. The molecular formula is C26H30N8O3. The van der Waals surface area contributed by atoms with E-state index in [1.165, 1.54) is 23.1 Å². The number of hydrogen-bond donors (Lipinski definition) is 3. The second kappa shape index (κ2) is 10.5. The Morgan fingerprint density at radius 1 is 1.32 bits per heavy atom. The van der Waals surface area contributed by atoms with Crippen LogP contribution in [0.4, 0.5) is 28.1 Å². The number of carbonyl (C=O) groups is 1. The van der Waals surface area contributed by atoms with E-state index >= 15 is 0 Å². The number of pyridine rings is 1. The van der Waals surface area contributed by atoms with Gasteiger partial charge in [-0.15, -0.1) is 6.58 Å². The van der Waals surface area contributed by atoms with Gasteiger partial charge in [-0.2, -0.15) is 9.99 Å². The molecule has 1 amide bonds. The molecular weight excluding hydrogens is 472 g/mol. The largest absolute Gasteiger partial charge is 0.453 e. The van der Waals surface area contributed by atoms with Gasteiger partial charge in [-0.1, -0.05) is 18.2 Å². The van der Waals surface area contributed by atoms with Crippen molar-refractivity contribution < 1.29 is 14.6 Å². The molecule has 192 valence electrons. The number of carbonyl (C=O) groups excluding carboxylic acids is 1. The number of aromatic nitrogens is 3. The molecule has 0 radical (unpaired) electrons. The van der Waals surface area contributed by atoms with E-state index in [-0.39, 0.29) is 6.54 Å². The van der Waals surface area contributed by atoms with Crippen molar-refractivity contribution in [1.82, 2.24) is 30.2 Å². The first-order chi connectivity index (χ1) is 18.0. The third-order valence-electron chi connectivity index (χ3n) is 6.37. The second-order valence-electron chi connectivity index (χ2n) is 8.92. The third kappa shape index (κ3) is 4.96. The van der Waals surface area contributed by atoms with E-state index in [9.17, 15) is 9.90 Å². The monoisotopic (exact) mass is 502 g/mol. The van der Waals surface area contributed by atoms with Crippen LogP contribution in [-0.4, -0.2) is 63.3 Å². The number of methoxy groups -OCH3 is 1. The number of fused-ring (bicyclic) bond motifs is 2. The average molecular weight is 503 g/mol. The van der Waals surface area contributed by atoms with Crippen LogP contribution in [0.25, 0.3) is 0 Å². The first-order valence-electron chi connectivity index (χ1n) is 12.1. The van der Waals surface area contributed by atoms with Crippen molar-refractivity contribution in [3.05, 3.63) is 77.6 Å². The zero-order chi connectivity index (χ0) is 25.9.